The zero-order valence-corrected chi connectivity index (χ0v) is 11.8. The van der Waals surface area contributed by atoms with Crippen LogP contribution in [0.5, 0.6) is 0 Å². The van der Waals surface area contributed by atoms with E-state index in [1.165, 1.54) is 5.56 Å². The molecule has 3 rings (SSSR count). The first-order valence-electron chi connectivity index (χ1n) is 6.68. The van der Waals surface area contributed by atoms with Crippen LogP contribution >= 0.6 is 11.6 Å². The molecule has 0 spiro atoms. The van der Waals surface area contributed by atoms with Crippen LogP contribution in [-0.4, -0.2) is 13.2 Å². The van der Waals surface area contributed by atoms with E-state index in [4.69, 9.17) is 22.1 Å². The third kappa shape index (κ3) is 2.50. The third-order valence-electron chi connectivity index (χ3n) is 3.45. The Bertz CT molecular complexity index is 651. The van der Waals surface area contributed by atoms with Gasteiger partial charge in [0, 0.05) is 11.6 Å². The Balaban J connectivity index is 2.15. The maximum atomic E-state index is 6.15. The molecular weight excluding hydrogens is 270 g/mol. The lowest BCUT2D eigenvalue weighted by Gasteiger charge is -2.21. The highest BCUT2D eigenvalue weighted by Crippen LogP contribution is 2.36. The average Bonchev–Trinajstić information content (AvgIpc) is 2.62. The van der Waals surface area contributed by atoms with Crippen molar-refractivity contribution < 1.29 is 4.74 Å². The second-order valence-electron chi connectivity index (χ2n) is 4.77. The molecule has 0 aromatic heterocycles. The van der Waals surface area contributed by atoms with Crippen molar-refractivity contribution in [3.63, 3.8) is 0 Å². The Hall–Kier alpha value is -1.61. The van der Waals surface area contributed by atoms with Crippen LogP contribution in [0.4, 0.5) is 0 Å². The van der Waals surface area contributed by atoms with Gasteiger partial charge in [0.15, 0.2) is 0 Å². The quantitative estimate of drug-likeness (QED) is 0.928. The predicted octanol–water partition coefficient (Wildman–Crippen LogP) is 3.89. The second-order valence-corrected chi connectivity index (χ2v) is 5.21. The molecule has 1 aliphatic rings. The van der Waals surface area contributed by atoms with Gasteiger partial charge >= 0.3 is 0 Å². The van der Waals surface area contributed by atoms with Crippen molar-refractivity contribution in [1.29, 1.82) is 0 Å². The number of hydrogen-bond donors (Lipinski definition) is 1. The van der Waals surface area contributed by atoms with E-state index in [0.717, 1.165) is 21.7 Å². The standard InChI is InChI=1S/C17H16ClNO/c18-14-8-7-13-6-5-12-3-1-2-4-15(12)17(16(13)11-14)20-10-9-19/h1-8,11,17H,9-10,19H2. The Morgan fingerprint density at radius 2 is 1.75 bits per heavy atom. The summed E-state index contributed by atoms with van der Waals surface area (Å²) in [5.74, 6) is 0. The van der Waals surface area contributed by atoms with Gasteiger partial charge in [0.2, 0.25) is 0 Å². The van der Waals surface area contributed by atoms with Gasteiger partial charge in [0.1, 0.15) is 6.10 Å². The van der Waals surface area contributed by atoms with Gasteiger partial charge in [-0.15, -0.1) is 0 Å². The van der Waals surface area contributed by atoms with E-state index < -0.39 is 0 Å². The topological polar surface area (TPSA) is 35.2 Å². The minimum Gasteiger partial charge on any atom is -0.367 e. The minimum atomic E-state index is -0.126. The van der Waals surface area contributed by atoms with E-state index in [0.29, 0.717) is 13.2 Å². The molecule has 0 saturated heterocycles. The molecule has 0 saturated carbocycles. The maximum Gasteiger partial charge on any atom is 0.109 e. The molecule has 3 heteroatoms. The second kappa shape index (κ2) is 5.80. The Morgan fingerprint density at radius 1 is 1.00 bits per heavy atom. The Labute approximate surface area is 123 Å². The average molecular weight is 286 g/mol. The first-order chi connectivity index (χ1) is 9.79. The van der Waals surface area contributed by atoms with E-state index in [1.54, 1.807) is 0 Å². The monoisotopic (exact) mass is 285 g/mol. The highest BCUT2D eigenvalue weighted by molar-refractivity contribution is 6.30. The van der Waals surface area contributed by atoms with Crippen molar-refractivity contribution in [1.82, 2.24) is 0 Å². The lowest BCUT2D eigenvalue weighted by molar-refractivity contribution is 0.0863. The molecule has 102 valence electrons. The van der Waals surface area contributed by atoms with E-state index in [1.807, 2.05) is 30.3 Å². The summed E-state index contributed by atoms with van der Waals surface area (Å²) in [4.78, 5) is 0. The SMILES string of the molecule is NCCOC1c2ccccc2C=Cc2ccc(Cl)cc21. The van der Waals surface area contributed by atoms with Crippen LogP contribution in [0.25, 0.3) is 12.2 Å². The molecule has 2 nitrogen and oxygen atoms in total. The number of rotatable bonds is 3. The summed E-state index contributed by atoms with van der Waals surface area (Å²) in [6.45, 7) is 1.02. The smallest absolute Gasteiger partial charge is 0.109 e. The molecule has 1 atom stereocenters. The Morgan fingerprint density at radius 3 is 2.55 bits per heavy atom. The van der Waals surface area contributed by atoms with Gasteiger partial charge in [-0.25, -0.2) is 0 Å². The lowest BCUT2D eigenvalue weighted by atomic mass is 9.96. The highest BCUT2D eigenvalue weighted by Gasteiger charge is 2.22. The molecule has 0 amide bonds. The van der Waals surface area contributed by atoms with Crippen molar-refractivity contribution in [2.45, 2.75) is 6.10 Å². The molecule has 0 fully saturated rings. The van der Waals surface area contributed by atoms with Crippen LogP contribution in [0.1, 0.15) is 28.4 Å². The van der Waals surface area contributed by atoms with Crippen molar-refractivity contribution in [2.24, 2.45) is 5.73 Å². The number of benzene rings is 2. The zero-order valence-electron chi connectivity index (χ0n) is 11.1. The number of fused-ring (bicyclic) bond motifs is 2. The van der Waals surface area contributed by atoms with Crippen LogP contribution in [0.15, 0.2) is 42.5 Å². The van der Waals surface area contributed by atoms with Gasteiger partial charge < -0.3 is 10.5 Å². The van der Waals surface area contributed by atoms with Gasteiger partial charge in [0.25, 0.3) is 0 Å². The number of hydrogen-bond acceptors (Lipinski definition) is 2. The minimum absolute atomic E-state index is 0.126. The normalized spacial score (nSPS) is 16.4. The lowest BCUT2D eigenvalue weighted by Crippen LogP contribution is -2.14. The van der Waals surface area contributed by atoms with Crippen LogP contribution in [0.3, 0.4) is 0 Å². The maximum absolute atomic E-state index is 6.15. The van der Waals surface area contributed by atoms with Crippen LogP contribution in [-0.2, 0) is 4.74 Å². The molecule has 2 aromatic rings. The molecule has 2 N–H and O–H groups in total. The van der Waals surface area contributed by atoms with Crippen molar-refractivity contribution >= 4 is 23.8 Å². The van der Waals surface area contributed by atoms with E-state index in [-0.39, 0.29) is 6.10 Å². The van der Waals surface area contributed by atoms with Gasteiger partial charge in [-0.1, -0.05) is 54.1 Å². The van der Waals surface area contributed by atoms with Gasteiger partial charge in [-0.3, -0.25) is 0 Å². The largest absolute Gasteiger partial charge is 0.367 e. The highest BCUT2D eigenvalue weighted by atomic mass is 35.5. The van der Waals surface area contributed by atoms with Gasteiger partial charge in [0.05, 0.1) is 6.61 Å². The Kier molecular flexibility index (Phi) is 3.88. The van der Waals surface area contributed by atoms with E-state index >= 15 is 0 Å². The number of ether oxygens (including phenoxy) is 1. The predicted molar refractivity (Wildman–Crippen MR) is 83.7 cm³/mol. The number of halogens is 1. The van der Waals surface area contributed by atoms with E-state index in [2.05, 4.69) is 24.3 Å². The van der Waals surface area contributed by atoms with Crippen LogP contribution < -0.4 is 5.73 Å². The van der Waals surface area contributed by atoms with Crippen molar-refractivity contribution in [2.75, 3.05) is 13.2 Å². The fraction of sp³-hybridized carbons (Fsp3) is 0.176. The molecule has 1 unspecified atom stereocenters. The molecule has 0 heterocycles. The van der Waals surface area contributed by atoms with Crippen molar-refractivity contribution in [3.05, 3.63) is 69.7 Å². The molecule has 2 aromatic carbocycles. The molecule has 0 aliphatic heterocycles. The first kappa shape index (κ1) is 13.4. The summed E-state index contributed by atoms with van der Waals surface area (Å²) in [5.41, 5.74) is 10.1. The van der Waals surface area contributed by atoms with Crippen LogP contribution in [0, 0.1) is 0 Å². The van der Waals surface area contributed by atoms with Crippen LogP contribution in [0.2, 0.25) is 5.02 Å². The molecule has 20 heavy (non-hydrogen) atoms. The summed E-state index contributed by atoms with van der Waals surface area (Å²) in [5, 5.41) is 0.720. The molecule has 0 bridgehead atoms. The molecule has 1 aliphatic carbocycles. The fourth-order valence-corrected chi connectivity index (χ4v) is 2.72. The summed E-state index contributed by atoms with van der Waals surface area (Å²) < 4.78 is 6.00. The summed E-state index contributed by atoms with van der Waals surface area (Å²) in [7, 11) is 0. The summed E-state index contributed by atoms with van der Waals surface area (Å²) >= 11 is 6.15. The molecular formula is C17H16ClNO. The number of nitrogens with two attached hydrogens (primary N) is 1. The van der Waals surface area contributed by atoms with Crippen molar-refractivity contribution in [3.8, 4) is 0 Å². The summed E-state index contributed by atoms with van der Waals surface area (Å²) in [6.07, 6.45) is 4.10. The zero-order chi connectivity index (χ0) is 13.9. The fourth-order valence-electron chi connectivity index (χ4n) is 2.54. The third-order valence-corrected chi connectivity index (χ3v) is 3.69. The molecule has 0 radical (unpaired) electrons. The first-order valence-corrected chi connectivity index (χ1v) is 7.05. The van der Waals surface area contributed by atoms with Gasteiger partial charge in [-0.05, 0) is 34.4 Å². The van der Waals surface area contributed by atoms with Gasteiger partial charge in [-0.2, -0.15) is 0 Å². The van der Waals surface area contributed by atoms with E-state index in [9.17, 15) is 0 Å². The summed E-state index contributed by atoms with van der Waals surface area (Å²) in [6, 6.07) is 14.2.